The Morgan fingerprint density at radius 1 is 1.39 bits per heavy atom. The van der Waals surface area contributed by atoms with Gasteiger partial charge in [0.25, 0.3) is 0 Å². The van der Waals surface area contributed by atoms with Gasteiger partial charge in [-0.3, -0.25) is 4.79 Å². The smallest absolute Gasteiger partial charge is 0.222 e. The largest absolute Gasteiger partial charge is 0.356 e. The van der Waals surface area contributed by atoms with Gasteiger partial charge in [0.1, 0.15) is 5.82 Å². The predicted molar refractivity (Wildman–Crippen MR) is 70.6 cm³/mol. The highest BCUT2D eigenvalue weighted by Crippen LogP contribution is 2.05. The first kappa shape index (κ1) is 14.6. The Hall–Kier alpha value is -1.42. The van der Waals surface area contributed by atoms with Crippen LogP contribution in [0.2, 0.25) is 0 Å². The Kier molecular flexibility index (Phi) is 6.36. The van der Waals surface area contributed by atoms with E-state index in [0.29, 0.717) is 13.1 Å². The molecule has 0 heterocycles. The van der Waals surface area contributed by atoms with Crippen LogP contribution in [0.25, 0.3) is 0 Å². The van der Waals surface area contributed by atoms with Crippen molar-refractivity contribution in [3.05, 3.63) is 35.6 Å². The van der Waals surface area contributed by atoms with Crippen LogP contribution >= 0.6 is 0 Å². The highest BCUT2D eigenvalue weighted by molar-refractivity contribution is 5.78. The standard InChI is InChI=1S/C14H21FN2O/c1-11(3-2-9-16)14(18)17-10-8-12-4-6-13(15)7-5-12/h4-7,11H,2-3,8-10,16H2,1H3,(H,17,18). The molecule has 0 aliphatic heterocycles. The third-order valence-electron chi connectivity index (χ3n) is 2.92. The summed E-state index contributed by atoms with van der Waals surface area (Å²) in [4.78, 5) is 11.7. The van der Waals surface area contributed by atoms with Crippen LogP contribution in [0, 0.1) is 11.7 Å². The van der Waals surface area contributed by atoms with Gasteiger partial charge in [-0.25, -0.2) is 4.39 Å². The van der Waals surface area contributed by atoms with E-state index in [9.17, 15) is 9.18 Å². The van der Waals surface area contributed by atoms with Gasteiger partial charge in [-0.15, -0.1) is 0 Å². The van der Waals surface area contributed by atoms with E-state index in [-0.39, 0.29) is 17.6 Å². The number of rotatable bonds is 7. The van der Waals surface area contributed by atoms with Gasteiger partial charge in [-0.05, 0) is 43.5 Å². The molecule has 0 saturated carbocycles. The Morgan fingerprint density at radius 2 is 2.06 bits per heavy atom. The van der Waals surface area contributed by atoms with Crippen molar-refractivity contribution in [3.63, 3.8) is 0 Å². The Balaban J connectivity index is 2.24. The summed E-state index contributed by atoms with van der Waals surface area (Å²) in [6.45, 7) is 3.10. The summed E-state index contributed by atoms with van der Waals surface area (Å²) in [5.74, 6) is -0.175. The molecule has 0 saturated heterocycles. The predicted octanol–water partition coefficient (Wildman–Crippen LogP) is 1.86. The topological polar surface area (TPSA) is 55.1 Å². The van der Waals surface area contributed by atoms with Crippen LogP contribution in [0.4, 0.5) is 4.39 Å². The number of benzene rings is 1. The third kappa shape index (κ3) is 5.27. The second kappa shape index (κ2) is 7.82. The first-order chi connectivity index (χ1) is 8.63. The Bertz CT molecular complexity index is 365. The molecule has 4 heteroatoms. The fraction of sp³-hybridized carbons (Fsp3) is 0.500. The molecular weight excluding hydrogens is 231 g/mol. The summed E-state index contributed by atoms with van der Waals surface area (Å²) < 4.78 is 12.7. The maximum Gasteiger partial charge on any atom is 0.222 e. The normalized spacial score (nSPS) is 12.2. The van der Waals surface area contributed by atoms with E-state index >= 15 is 0 Å². The van der Waals surface area contributed by atoms with Crippen LogP contribution in [-0.2, 0) is 11.2 Å². The van der Waals surface area contributed by atoms with Crippen LogP contribution < -0.4 is 11.1 Å². The number of nitrogens with one attached hydrogen (secondary N) is 1. The fourth-order valence-corrected chi connectivity index (χ4v) is 1.71. The fourth-order valence-electron chi connectivity index (χ4n) is 1.71. The summed E-state index contributed by atoms with van der Waals surface area (Å²) in [6, 6.07) is 6.33. The number of hydrogen-bond acceptors (Lipinski definition) is 2. The van der Waals surface area contributed by atoms with Crippen molar-refractivity contribution in [3.8, 4) is 0 Å². The first-order valence-electron chi connectivity index (χ1n) is 6.35. The molecule has 18 heavy (non-hydrogen) atoms. The number of nitrogens with two attached hydrogens (primary N) is 1. The number of hydrogen-bond donors (Lipinski definition) is 2. The van der Waals surface area contributed by atoms with Gasteiger partial charge >= 0.3 is 0 Å². The summed E-state index contributed by atoms with van der Waals surface area (Å²) in [6.07, 6.45) is 2.40. The van der Waals surface area contributed by atoms with Crippen molar-refractivity contribution in [1.82, 2.24) is 5.32 Å². The number of amides is 1. The minimum Gasteiger partial charge on any atom is -0.356 e. The molecule has 100 valence electrons. The average molecular weight is 252 g/mol. The lowest BCUT2D eigenvalue weighted by Crippen LogP contribution is -2.31. The van der Waals surface area contributed by atoms with E-state index in [0.717, 1.165) is 24.8 Å². The van der Waals surface area contributed by atoms with Gasteiger partial charge in [-0.2, -0.15) is 0 Å². The molecule has 0 aromatic heterocycles. The van der Waals surface area contributed by atoms with Crippen LogP contribution in [0.15, 0.2) is 24.3 Å². The molecule has 0 radical (unpaired) electrons. The van der Waals surface area contributed by atoms with Gasteiger partial charge in [-0.1, -0.05) is 19.1 Å². The molecule has 1 aromatic carbocycles. The van der Waals surface area contributed by atoms with E-state index in [1.54, 1.807) is 12.1 Å². The van der Waals surface area contributed by atoms with Crippen LogP contribution in [0.3, 0.4) is 0 Å². The second-order valence-electron chi connectivity index (χ2n) is 4.50. The minimum absolute atomic E-state index is 0.00164. The molecule has 0 bridgehead atoms. The molecule has 1 unspecified atom stereocenters. The van der Waals surface area contributed by atoms with Gasteiger partial charge in [0.15, 0.2) is 0 Å². The zero-order valence-corrected chi connectivity index (χ0v) is 10.8. The van der Waals surface area contributed by atoms with Crippen molar-refractivity contribution in [1.29, 1.82) is 0 Å². The van der Waals surface area contributed by atoms with Crippen LogP contribution in [0.1, 0.15) is 25.3 Å². The zero-order chi connectivity index (χ0) is 13.4. The molecule has 3 N–H and O–H groups in total. The van der Waals surface area contributed by atoms with Crippen molar-refractivity contribution < 1.29 is 9.18 Å². The maximum absolute atomic E-state index is 12.7. The van der Waals surface area contributed by atoms with E-state index in [2.05, 4.69) is 5.32 Å². The minimum atomic E-state index is -0.238. The molecular formula is C14H21FN2O. The zero-order valence-electron chi connectivity index (χ0n) is 10.8. The molecule has 0 aliphatic carbocycles. The van der Waals surface area contributed by atoms with E-state index in [1.807, 2.05) is 6.92 Å². The quantitative estimate of drug-likeness (QED) is 0.778. The molecule has 1 atom stereocenters. The number of carbonyl (C=O) groups is 1. The van der Waals surface area contributed by atoms with Gasteiger partial charge in [0, 0.05) is 12.5 Å². The summed E-state index contributed by atoms with van der Waals surface area (Å²) >= 11 is 0. The van der Waals surface area contributed by atoms with Gasteiger partial charge in [0.05, 0.1) is 0 Å². The summed E-state index contributed by atoms with van der Waals surface area (Å²) in [5, 5.41) is 2.88. The second-order valence-corrected chi connectivity index (χ2v) is 4.50. The van der Waals surface area contributed by atoms with Crippen molar-refractivity contribution >= 4 is 5.91 Å². The molecule has 1 rings (SSSR count). The lowest BCUT2D eigenvalue weighted by Gasteiger charge is -2.11. The third-order valence-corrected chi connectivity index (χ3v) is 2.92. The highest BCUT2D eigenvalue weighted by atomic mass is 19.1. The van der Waals surface area contributed by atoms with E-state index in [1.165, 1.54) is 12.1 Å². The maximum atomic E-state index is 12.7. The molecule has 0 aliphatic rings. The Morgan fingerprint density at radius 3 is 2.67 bits per heavy atom. The first-order valence-corrected chi connectivity index (χ1v) is 6.35. The van der Waals surface area contributed by atoms with Crippen molar-refractivity contribution in [2.45, 2.75) is 26.2 Å². The molecule has 0 fully saturated rings. The van der Waals surface area contributed by atoms with Crippen molar-refractivity contribution in [2.75, 3.05) is 13.1 Å². The number of carbonyl (C=O) groups excluding carboxylic acids is 1. The summed E-state index contributed by atoms with van der Waals surface area (Å²) in [5.41, 5.74) is 6.42. The lowest BCUT2D eigenvalue weighted by atomic mass is 10.0. The number of halogens is 1. The van der Waals surface area contributed by atoms with E-state index < -0.39 is 0 Å². The van der Waals surface area contributed by atoms with Gasteiger partial charge in [0.2, 0.25) is 5.91 Å². The summed E-state index contributed by atoms with van der Waals surface area (Å²) in [7, 11) is 0. The van der Waals surface area contributed by atoms with E-state index in [4.69, 9.17) is 5.73 Å². The average Bonchev–Trinajstić information content (AvgIpc) is 2.38. The van der Waals surface area contributed by atoms with Crippen LogP contribution in [-0.4, -0.2) is 19.0 Å². The highest BCUT2D eigenvalue weighted by Gasteiger charge is 2.11. The molecule has 3 nitrogen and oxygen atoms in total. The van der Waals surface area contributed by atoms with Crippen molar-refractivity contribution in [2.24, 2.45) is 11.7 Å². The molecule has 1 aromatic rings. The SMILES string of the molecule is CC(CCCN)C(=O)NCCc1ccc(F)cc1. The van der Waals surface area contributed by atoms with Gasteiger partial charge < -0.3 is 11.1 Å². The monoisotopic (exact) mass is 252 g/mol. The van der Waals surface area contributed by atoms with Crippen LogP contribution in [0.5, 0.6) is 0 Å². The molecule has 1 amide bonds. The lowest BCUT2D eigenvalue weighted by molar-refractivity contribution is -0.124. The molecule has 0 spiro atoms. The Labute approximate surface area is 108 Å².